The van der Waals surface area contributed by atoms with E-state index in [0.29, 0.717) is 17.9 Å². The summed E-state index contributed by atoms with van der Waals surface area (Å²) in [6.45, 7) is 4.86. The number of halogens is 1. The predicted octanol–water partition coefficient (Wildman–Crippen LogP) is 5.21. The van der Waals surface area contributed by atoms with E-state index in [9.17, 15) is 0 Å². The molecule has 1 heterocycles. The fourth-order valence-corrected chi connectivity index (χ4v) is 4.90. The molecule has 4 rings (SSSR count). The number of likely N-dealkylation sites (N-methyl/N-ethyl adjacent to an activating group) is 1. The lowest BCUT2D eigenvalue weighted by atomic mass is 9.65. The molecule has 0 amide bonds. The van der Waals surface area contributed by atoms with Crippen LogP contribution in [0.15, 0.2) is 54.6 Å². The number of hydrogen-bond donors (Lipinski definition) is 0. The van der Waals surface area contributed by atoms with E-state index in [2.05, 4.69) is 80.4 Å². The summed E-state index contributed by atoms with van der Waals surface area (Å²) in [5, 5.41) is 0. The molecule has 122 valence electrons. The van der Waals surface area contributed by atoms with Crippen LogP contribution in [0.25, 0.3) is 0 Å². The number of nitrogens with zero attached hydrogens (tertiary/aromatic N) is 1. The lowest BCUT2D eigenvalue weighted by Crippen LogP contribution is -2.47. The summed E-state index contributed by atoms with van der Waals surface area (Å²) in [7, 11) is 2.32. The van der Waals surface area contributed by atoms with Gasteiger partial charge < -0.3 is 0 Å². The molecule has 2 aromatic carbocycles. The molecule has 0 radical (unpaired) electrons. The molecule has 1 nitrogen and oxygen atoms in total. The molecule has 1 fully saturated rings. The fraction of sp³-hybridized carbons (Fsp3) is 0.429. The number of likely N-dealkylation sites (tertiary alicyclic amines) is 1. The van der Waals surface area contributed by atoms with Gasteiger partial charge in [-0.2, -0.15) is 0 Å². The Hall–Kier alpha value is -1.31. The lowest BCUT2D eigenvalue weighted by molar-refractivity contribution is 0.124. The Morgan fingerprint density at radius 2 is 1.57 bits per heavy atom. The molecule has 0 bridgehead atoms. The van der Waals surface area contributed by atoms with E-state index in [1.54, 1.807) is 11.1 Å². The first-order valence-corrected chi connectivity index (χ1v) is 8.48. The van der Waals surface area contributed by atoms with Crippen LogP contribution in [0, 0.1) is 0 Å². The summed E-state index contributed by atoms with van der Waals surface area (Å²) in [4.78, 5) is 2.63. The van der Waals surface area contributed by atoms with Crippen molar-refractivity contribution in [2.24, 2.45) is 0 Å². The fourth-order valence-electron chi connectivity index (χ4n) is 4.90. The van der Waals surface area contributed by atoms with Gasteiger partial charge in [-0.3, -0.25) is 4.90 Å². The zero-order valence-corrected chi connectivity index (χ0v) is 15.0. The highest BCUT2D eigenvalue weighted by molar-refractivity contribution is 5.85. The average Bonchev–Trinajstić information content (AvgIpc) is 2.79. The first-order valence-electron chi connectivity index (χ1n) is 8.48. The number of rotatable bonds is 1. The number of hydrogen-bond acceptors (Lipinski definition) is 1. The van der Waals surface area contributed by atoms with Crippen LogP contribution < -0.4 is 0 Å². The third kappa shape index (κ3) is 2.42. The van der Waals surface area contributed by atoms with E-state index in [-0.39, 0.29) is 17.9 Å². The first kappa shape index (κ1) is 16.5. The van der Waals surface area contributed by atoms with E-state index in [4.69, 9.17) is 0 Å². The van der Waals surface area contributed by atoms with Crippen LogP contribution in [0.4, 0.5) is 0 Å². The van der Waals surface area contributed by atoms with Gasteiger partial charge >= 0.3 is 0 Å². The quantitative estimate of drug-likeness (QED) is 0.695. The van der Waals surface area contributed by atoms with E-state index >= 15 is 0 Å². The topological polar surface area (TPSA) is 3.24 Å². The van der Waals surface area contributed by atoms with Crippen molar-refractivity contribution in [2.45, 2.75) is 50.1 Å². The molecular weight excluding hydrogens is 302 g/mol. The third-order valence-electron chi connectivity index (χ3n) is 6.36. The van der Waals surface area contributed by atoms with Crippen molar-refractivity contribution in [1.29, 1.82) is 0 Å². The second kappa shape index (κ2) is 5.96. The Morgan fingerprint density at radius 3 is 2.26 bits per heavy atom. The number of fused-ring (bicyclic) bond motifs is 3. The average molecular weight is 328 g/mol. The Kier molecular flexibility index (Phi) is 4.29. The van der Waals surface area contributed by atoms with Gasteiger partial charge in [0.15, 0.2) is 0 Å². The Labute approximate surface area is 146 Å². The van der Waals surface area contributed by atoms with Crippen molar-refractivity contribution in [3.05, 3.63) is 71.3 Å². The summed E-state index contributed by atoms with van der Waals surface area (Å²) < 4.78 is 0. The van der Waals surface area contributed by atoms with Gasteiger partial charge in [0.25, 0.3) is 0 Å². The maximum absolute atomic E-state index is 2.63. The number of benzene rings is 2. The van der Waals surface area contributed by atoms with Gasteiger partial charge in [-0.25, -0.2) is 0 Å². The molecule has 0 aromatic heterocycles. The second-order valence-electron chi connectivity index (χ2n) is 7.40. The molecule has 2 aliphatic rings. The van der Waals surface area contributed by atoms with Crippen LogP contribution >= 0.6 is 12.4 Å². The minimum absolute atomic E-state index is 0. The Bertz CT molecular complexity index is 683. The summed E-state index contributed by atoms with van der Waals surface area (Å²) in [6, 6.07) is 20.9. The van der Waals surface area contributed by atoms with Crippen LogP contribution in [-0.4, -0.2) is 23.5 Å². The highest BCUT2D eigenvalue weighted by Crippen LogP contribution is 2.55. The highest BCUT2D eigenvalue weighted by atomic mass is 35.5. The second-order valence-corrected chi connectivity index (χ2v) is 7.40. The Morgan fingerprint density at radius 1 is 0.957 bits per heavy atom. The van der Waals surface area contributed by atoms with E-state index in [1.807, 2.05) is 0 Å². The zero-order valence-electron chi connectivity index (χ0n) is 14.2. The summed E-state index contributed by atoms with van der Waals surface area (Å²) in [5.41, 5.74) is 4.87. The van der Waals surface area contributed by atoms with Crippen molar-refractivity contribution in [2.75, 3.05) is 7.05 Å². The van der Waals surface area contributed by atoms with Gasteiger partial charge in [0.2, 0.25) is 0 Å². The van der Waals surface area contributed by atoms with Crippen LogP contribution in [0.1, 0.15) is 55.2 Å². The maximum Gasteiger partial charge on any atom is 0.0259 e. The Balaban J connectivity index is 0.00000156. The lowest BCUT2D eigenvalue weighted by Gasteiger charge is -2.46. The van der Waals surface area contributed by atoms with Crippen molar-refractivity contribution >= 4 is 12.4 Å². The van der Waals surface area contributed by atoms with E-state index in [0.717, 1.165) is 0 Å². The monoisotopic (exact) mass is 327 g/mol. The molecule has 23 heavy (non-hydrogen) atoms. The van der Waals surface area contributed by atoms with Crippen molar-refractivity contribution in [3.8, 4) is 0 Å². The smallest absolute Gasteiger partial charge is 0.0259 e. The van der Waals surface area contributed by atoms with Gasteiger partial charge in [-0.1, -0.05) is 54.6 Å². The first-order chi connectivity index (χ1) is 10.6. The third-order valence-corrected chi connectivity index (χ3v) is 6.36. The summed E-state index contributed by atoms with van der Waals surface area (Å²) in [5.74, 6) is 1.19. The molecule has 2 aromatic rings. The van der Waals surface area contributed by atoms with Crippen LogP contribution in [0.5, 0.6) is 0 Å². The minimum atomic E-state index is 0. The normalized spacial score (nSPS) is 32.7. The molecule has 0 spiro atoms. The van der Waals surface area contributed by atoms with Crippen LogP contribution in [-0.2, 0) is 0 Å². The van der Waals surface area contributed by atoms with Gasteiger partial charge in [0.05, 0.1) is 0 Å². The van der Waals surface area contributed by atoms with Gasteiger partial charge in [0, 0.05) is 23.4 Å². The molecule has 4 atom stereocenters. The molecule has 1 aliphatic heterocycles. The minimum Gasteiger partial charge on any atom is -0.298 e. The zero-order chi connectivity index (χ0) is 15.3. The van der Waals surface area contributed by atoms with Gasteiger partial charge in [0.1, 0.15) is 0 Å². The molecule has 0 N–H and O–H groups in total. The van der Waals surface area contributed by atoms with E-state index in [1.165, 1.54) is 18.4 Å². The van der Waals surface area contributed by atoms with Crippen molar-refractivity contribution < 1.29 is 0 Å². The summed E-state index contributed by atoms with van der Waals surface area (Å²) >= 11 is 0. The highest BCUT2D eigenvalue weighted by Gasteiger charge is 2.51. The largest absolute Gasteiger partial charge is 0.298 e. The molecule has 2 heteroatoms. The van der Waals surface area contributed by atoms with Crippen molar-refractivity contribution in [3.63, 3.8) is 0 Å². The van der Waals surface area contributed by atoms with E-state index < -0.39 is 0 Å². The molecule has 1 saturated heterocycles. The maximum atomic E-state index is 2.63. The van der Waals surface area contributed by atoms with Crippen LogP contribution in [0.3, 0.4) is 0 Å². The predicted molar refractivity (Wildman–Crippen MR) is 99.6 cm³/mol. The molecular formula is C21H26ClN. The van der Waals surface area contributed by atoms with Gasteiger partial charge in [-0.05, 0) is 50.4 Å². The standard InChI is InChI=1S/C21H25N.ClH/c1-15-13-20-18-12-8-7-11-17(18)19(14-21(20,2)22(15)3)16-9-5-4-6-10-16;/h4-12,15,19-20H,13-14H2,1-3H3;1H. The molecule has 1 aliphatic carbocycles. The van der Waals surface area contributed by atoms with Crippen LogP contribution in [0.2, 0.25) is 0 Å². The van der Waals surface area contributed by atoms with Crippen molar-refractivity contribution in [1.82, 2.24) is 4.90 Å². The van der Waals surface area contributed by atoms with Gasteiger partial charge in [-0.15, -0.1) is 12.4 Å². The summed E-state index contributed by atoms with van der Waals surface area (Å²) in [6.07, 6.45) is 2.51. The molecule has 4 unspecified atom stereocenters. The molecule has 0 saturated carbocycles. The SMILES string of the molecule is CC1CC2c3ccccc3C(c3ccccc3)CC2(C)N1C.Cl.